The molecule has 4 aromatic rings. The quantitative estimate of drug-likeness (QED) is 0.183. The summed E-state index contributed by atoms with van der Waals surface area (Å²) < 4.78 is 54.9. The third-order valence-electron chi connectivity index (χ3n) is 5.47. The molecule has 0 aliphatic carbocycles. The average Bonchev–Trinajstić information content (AvgIpc) is 2.81. The Balaban J connectivity index is 1.54. The van der Waals surface area contributed by atoms with Gasteiger partial charge in [0.15, 0.2) is 17.5 Å². The predicted molar refractivity (Wildman–Crippen MR) is 119 cm³/mol. The van der Waals surface area contributed by atoms with E-state index in [2.05, 4.69) is 30.9 Å². The summed E-state index contributed by atoms with van der Waals surface area (Å²) in [6.45, 7) is 2.10. The molecule has 0 unspecified atom stereocenters. The summed E-state index contributed by atoms with van der Waals surface area (Å²) in [6, 6.07) is 18.7. The molecule has 0 saturated heterocycles. The van der Waals surface area contributed by atoms with Crippen LogP contribution in [0.2, 0.25) is 0 Å². The Hall–Kier alpha value is -3.58. The van der Waals surface area contributed by atoms with E-state index >= 15 is 4.39 Å². The zero-order valence-electron chi connectivity index (χ0n) is 17.5. The van der Waals surface area contributed by atoms with Crippen LogP contribution in [0.15, 0.2) is 66.7 Å². The van der Waals surface area contributed by atoms with E-state index < -0.39 is 17.5 Å². The monoisotopic (exact) mass is 432 g/mol. The van der Waals surface area contributed by atoms with E-state index in [9.17, 15) is 13.2 Å². The Morgan fingerprint density at radius 3 is 1.97 bits per heavy atom. The average molecular weight is 432 g/mol. The molecule has 0 aliphatic heterocycles. The van der Waals surface area contributed by atoms with Crippen LogP contribution >= 0.6 is 0 Å². The van der Waals surface area contributed by atoms with Gasteiger partial charge in [0.1, 0.15) is 5.82 Å². The fourth-order valence-corrected chi connectivity index (χ4v) is 3.61. The fraction of sp³-hybridized carbons (Fsp3) is 0.143. The topological polar surface area (TPSA) is 0 Å². The van der Waals surface area contributed by atoms with E-state index in [-0.39, 0.29) is 24.2 Å². The lowest BCUT2D eigenvalue weighted by Gasteiger charge is -2.08. The Kier molecular flexibility index (Phi) is 6.28. The SMILES string of the molecule is CCc1ccc(C#Cc2ccc3c(F)c(CCc4cc(F)c(F)c(F)c4)ccc3c2)cc1. The summed E-state index contributed by atoms with van der Waals surface area (Å²) in [5, 5.41) is 1.18. The van der Waals surface area contributed by atoms with Crippen LogP contribution in [-0.4, -0.2) is 0 Å². The molecule has 0 saturated carbocycles. The van der Waals surface area contributed by atoms with Gasteiger partial charge in [-0.15, -0.1) is 0 Å². The predicted octanol–water partition coefficient (Wildman–Crippen LogP) is 7.14. The van der Waals surface area contributed by atoms with Crippen molar-refractivity contribution in [2.24, 2.45) is 0 Å². The lowest BCUT2D eigenvalue weighted by atomic mass is 9.99. The largest absolute Gasteiger partial charge is 0.206 e. The van der Waals surface area contributed by atoms with Gasteiger partial charge in [-0.05, 0) is 77.7 Å². The summed E-state index contributed by atoms with van der Waals surface area (Å²) in [4.78, 5) is 0. The molecule has 0 aromatic heterocycles. The Labute approximate surface area is 184 Å². The van der Waals surface area contributed by atoms with Gasteiger partial charge in [-0.3, -0.25) is 0 Å². The number of benzene rings is 4. The minimum Gasteiger partial charge on any atom is -0.206 e. The summed E-state index contributed by atoms with van der Waals surface area (Å²) in [7, 11) is 0. The van der Waals surface area contributed by atoms with Gasteiger partial charge < -0.3 is 0 Å². The maximum Gasteiger partial charge on any atom is 0.194 e. The van der Waals surface area contributed by atoms with Crippen molar-refractivity contribution in [3.05, 3.63) is 118 Å². The lowest BCUT2D eigenvalue weighted by Crippen LogP contribution is -1.99. The van der Waals surface area contributed by atoms with Crippen molar-refractivity contribution >= 4 is 10.8 Å². The van der Waals surface area contributed by atoms with Crippen LogP contribution in [0.3, 0.4) is 0 Å². The van der Waals surface area contributed by atoms with Crippen molar-refractivity contribution in [2.75, 3.05) is 0 Å². The molecule has 0 radical (unpaired) electrons. The van der Waals surface area contributed by atoms with Crippen LogP contribution in [0.1, 0.15) is 34.7 Å². The molecule has 32 heavy (non-hydrogen) atoms. The van der Waals surface area contributed by atoms with Crippen molar-refractivity contribution in [1.29, 1.82) is 0 Å². The highest BCUT2D eigenvalue weighted by atomic mass is 19.2. The highest BCUT2D eigenvalue weighted by Crippen LogP contribution is 2.24. The molecule has 0 aliphatic rings. The second kappa shape index (κ2) is 9.28. The van der Waals surface area contributed by atoms with E-state index in [1.807, 2.05) is 18.2 Å². The van der Waals surface area contributed by atoms with E-state index in [0.717, 1.165) is 35.1 Å². The Bertz CT molecular complexity index is 1320. The molecule has 160 valence electrons. The highest BCUT2D eigenvalue weighted by Gasteiger charge is 2.12. The van der Waals surface area contributed by atoms with Crippen LogP contribution < -0.4 is 0 Å². The fourth-order valence-electron chi connectivity index (χ4n) is 3.61. The molecule has 0 bridgehead atoms. The van der Waals surface area contributed by atoms with E-state index in [1.54, 1.807) is 24.3 Å². The molecule has 0 heterocycles. The third kappa shape index (κ3) is 4.68. The van der Waals surface area contributed by atoms with Gasteiger partial charge in [-0.1, -0.05) is 49.1 Å². The first-order valence-corrected chi connectivity index (χ1v) is 10.4. The Morgan fingerprint density at radius 1 is 0.625 bits per heavy atom. The van der Waals surface area contributed by atoms with Crippen molar-refractivity contribution in [3.63, 3.8) is 0 Å². The summed E-state index contributed by atoms with van der Waals surface area (Å²) in [6.07, 6.45) is 1.40. The molecule has 0 nitrogen and oxygen atoms in total. The van der Waals surface area contributed by atoms with E-state index in [0.29, 0.717) is 10.9 Å². The normalized spacial score (nSPS) is 10.8. The molecular formula is C28H20F4. The lowest BCUT2D eigenvalue weighted by molar-refractivity contribution is 0.445. The smallest absolute Gasteiger partial charge is 0.194 e. The first-order chi connectivity index (χ1) is 15.4. The number of aryl methyl sites for hydroxylation is 3. The van der Waals surface area contributed by atoms with Gasteiger partial charge in [-0.2, -0.15) is 0 Å². The van der Waals surface area contributed by atoms with Gasteiger partial charge >= 0.3 is 0 Å². The highest BCUT2D eigenvalue weighted by molar-refractivity contribution is 5.85. The first kappa shape index (κ1) is 21.6. The number of rotatable bonds is 4. The Morgan fingerprint density at radius 2 is 1.28 bits per heavy atom. The molecule has 4 rings (SSSR count). The van der Waals surface area contributed by atoms with Crippen molar-refractivity contribution in [2.45, 2.75) is 26.2 Å². The zero-order valence-corrected chi connectivity index (χ0v) is 17.5. The second-order valence-corrected chi connectivity index (χ2v) is 7.65. The van der Waals surface area contributed by atoms with E-state index in [1.165, 1.54) is 5.56 Å². The van der Waals surface area contributed by atoms with Gasteiger partial charge in [-0.25, -0.2) is 17.6 Å². The van der Waals surface area contributed by atoms with Crippen LogP contribution in [0.4, 0.5) is 17.6 Å². The molecule has 0 fully saturated rings. The number of halogens is 4. The number of hydrogen-bond acceptors (Lipinski definition) is 0. The zero-order chi connectivity index (χ0) is 22.7. The molecule has 0 spiro atoms. The van der Waals surface area contributed by atoms with Crippen molar-refractivity contribution < 1.29 is 17.6 Å². The third-order valence-corrected chi connectivity index (χ3v) is 5.47. The van der Waals surface area contributed by atoms with E-state index in [4.69, 9.17) is 0 Å². The molecule has 0 atom stereocenters. The molecule has 4 heteroatoms. The molecule has 0 N–H and O–H groups in total. The summed E-state index contributed by atoms with van der Waals surface area (Å²) in [5.41, 5.74) is 3.65. The summed E-state index contributed by atoms with van der Waals surface area (Å²) >= 11 is 0. The van der Waals surface area contributed by atoms with Gasteiger partial charge in [0.2, 0.25) is 0 Å². The van der Waals surface area contributed by atoms with Crippen LogP contribution in [0, 0.1) is 35.1 Å². The second-order valence-electron chi connectivity index (χ2n) is 7.65. The van der Waals surface area contributed by atoms with Gasteiger partial charge in [0.25, 0.3) is 0 Å². The van der Waals surface area contributed by atoms with Gasteiger partial charge in [0.05, 0.1) is 0 Å². The van der Waals surface area contributed by atoms with Crippen LogP contribution in [0.5, 0.6) is 0 Å². The minimum atomic E-state index is -1.50. The van der Waals surface area contributed by atoms with Crippen LogP contribution in [0.25, 0.3) is 10.8 Å². The maximum atomic E-state index is 15.0. The summed E-state index contributed by atoms with van der Waals surface area (Å²) in [5.74, 6) is 1.88. The molecule has 0 amide bonds. The number of fused-ring (bicyclic) bond motifs is 1. The minimum absolute atomic E-state index is 0.191. The van der Waals surface area contributed by atoms with Crippen molar-refractivity contribution in [3.8, 4) is 11.8 Å². The number of hydrogen-bond donors (Lipinski definition) is 0. The molecule has 4 aromatic carbocycles. The van der Waals surface area contributed by atoms with Crippen LogP contribution in [-0.2, 0) is 19.3 Å². The first-order valence-electron chi connectivity index (χ1n) is 10.4. The van der Waals surface area contributed by atoms with Crippen molar-refractivity contribution in [1.82, 2.24) is 0 Å². The standard InChI is InChI=1S/C28H20F4/c1-2-18-3-5-19(6-4-18)7-8-20-10-14-24-23(15-20)13-12-22(27(24)31)11-9-21-16-25(29)28(32)26(30)17-21/h3-6,10,12-17H,2,9,11H2,1H3. The van der Waals surface area contributed by atoms with Gasteiger partial charge in [0, 0.05) is 16.5 Å². The maximum absolute atomic E-state index is 15.0. The molecular weight excluding hydrogens is 412 g/mol.